The molecule has 102 valence electrons. The Kier molecular flexibility index (Phi) is 3.17. The summed E-state index contributed by atoms with van der Waals surface area (Å²) in [6.45, 7) is 2.78. The Morgan fingerprint density at radius 1 is 1.37 bits per heavy atom. The summed E-state index contributed by atoms with van der Waals surface area (Å²) >= 11 is 6.31. The fourth-order valence-corrected chi connectivity index (χ4v) is 3.74. The van der Waals surface area contributed by atoms with E-state index in [9.17, 15) is 4.79 Å². The third-order valence-corrected chi connectivity index (χ3v) is 4.84. The number of benzene rings is 1. The van der Waals surface area contributed by atoms with Crippen LogP contribution in [-0.4, -0.2) is 29.3 Å². The van der Waals surface area contributed by atoms with Crippen LogP contribution >= 0.6 is 11.6 Å². The number of likely N-dealkylation sites (tertiary alicyclic amines) is 1. The fourth-order valence-electron chi connectivity index (χ4n) is 3.13. The van der Waals surface area contributed by atoms with Crippen LogP contribution < -0.4 is 4.74 Å². The molecule has 4 heteroatoms. The average molecular weight is 280 g/mol. The van der Waals surface area contributed by atoms with E-state index in [0.29, 0.717) is 24.8 Å². The lowest BCUT2D eigenvalue weighted by Crippen LogP contribution is -2.39. The Morgan fingerprint density at radius 2 is 2.05 bits per heavy atom. The van der Waals surface area contributed by atoms with Crippen molar-refractivity contribution in [2.75, 3.05) is 7.11 Å². The van der Waals surface area contributed by atoms with Crippen LogP contribution in [0.2, 0.25) is 0 Å². The summed E-state index contributed by atoms with van der Waals surface area (Å²) in [7, 11) is 1.65. The van der Waals surface area contributed by atoms with Gasteiger partial charge in [0, 0.05) is 18.9 Å². The highest BCUT2D eigenvalue weighted by atomic mass is 35.5. The molecule has 4 atom stereocenters. The van der Waals surface area contributed by atoms with E-state index in [-0.39, 0.29) is 17.3 Å². The van der Waals surface area contributed by atoms with E-state index < -0.39 is 0 Å². The van der Waals surface area contributed by atoms with Crippen molar-refractivity contribution in [3.63, 3.8) is 0 Å². The van der Waals surface area contributed by atoms with Crippen LogP contribution in [0.5, 0.6) is 5.75 Å². The largest absolute Gasteiger partial charge is 0.497 e. The van der Waals surface area contributed by atoms with E-state index in [1.54, 1.807) is 7.11 Å². The number of methoxy groups -OCH3 is 1. The molecule has 0 spiro atoms. The maximum Gasteiger partial charge on any atom is 0.223 e. The first-order valence-corrected chi connectivity index (χ1v) is 7.12. The van der Waals surface area contributed by atoms with Gasteiger partial charge in [0.25, 0.3) is 0 Å². The van der Waals surface area contributed by atoms with Crippen molar-refractivity contribution in [1.29, 1.82) is 0 Å². The molecule has 3 unspecified atom stereocenters. The van der Waals surface area contributed by atoms with E-state index in [2.05, 4.69) is 6.92 Å². The van der Waals surface area contributed by atoms with E-state index in [0.717, 1.165) is 11.3 Å². The number of carbonyl (C=O) groups excluding carboxylic acids is 1. The van der Waals surface area contributed by atoms with Gasteiger partial charge in [0.2, 0.25) is 5.91 Å². The highest BCUT2D eigenvalue weighted by Gasteiger charge is 2.59. The molecule has 3 nitrogen and oxygen atoms in total. The molecular weight excluding hydrogens is 262 g/mol. The van der Waals surface area contributed by atoms with Gasteiger partial charge >= 0.3 is 0 Å². The molecule has 0 radical (unpaired) electrons. The molecule has 1 heterocycles. The molecule has 1 aromatic carbocycles. The number of fused-ring (bicyclic) bond motifs is 1. The molecule has 1 aromatic rings. The Morgan fingerprint density at radius 3 is 2.68 bits per heavy atom. The summed E-state index contributed by atoms with van der Waals surface area (Å²) in [4.78, 5) is 14.1. The predicted octanol–water partition coefficient (Wildman–Crippen LogP) is 2.67. The van der Waals surface area contributed by atoms with Gasteiger partial charge in [0.1, 0.15) is 5.75 Å². The Bertz CT molecular complexity index is 487. The van der Waals surface area contributed by atoms with Gasteiger partial charge in [0.05, 0.1) is 18.5 Å². The van der Waals surface area contributed by atoms with Crippen molar-refractivity contribution in [3.8, 4) is 5.75 Å². The number of hydrogen-bond acceptors (Lipinski definition) is 2. The second kappa shape index (κ2) is 4.71. The lowest BCUT2D eigenvalue weighted by Gasteiger charge is -2.29. The normalized spacial score (nSPS) is 33.0. The monoisotopic (exact) mass is 279 g/mol. The van der Waals surface area contributed by atoms with Crippen LogP contribution in [-0.2, 0) is 11.3 Å². The molecule has 0 aromatic heterocycles. The Hall–Kier alpha value is -1.22. The molecule has 19 heavy (non-hydrogen) atoms. The van der Waals surface area contributed by atoms with E-state index >= 15 is 0 Å². The van der Waals surface area contributed by atoms with Crippen LogP contribution in [0.1, 0.15) is 18.9 Å². The van der Waals surface area contributed by atoms with E-state index in [4.69, 9.17) is 16.3 Å². The molecule has 1 saturated carbocycles. The van der Waals surface area contributed by atoms with Crippen molar-refractivity contribution >= 4 is 17.5 Å². The minimum absolute atomic E-state index is 0.139. The SMILES string of the molecule is COc1ccc(CN2C(=O)C[C@H](C)C3C(Cl)C32)cc1. The molecule has 3 rings (SSSR count). The van der Waals surface area contributed by atoms with E-state index in [1.165, 1.54) is 0 Å². The standard InChI is InChI=1S/C15H18ClNO2/c1-9-7-12(18)17(15-13(9)14(15)16)8-10-3-5-11(19-2)6-4-10/h3-6,9,13-15H,7-8H2,1-2H3/t9-,13?,14?,15?/m0/s1. The summed E-state index contributed by atoms with van der Waals surface area (Å²) in [5.41, 5.74) is 1.12. The molecule has 1 amide bonds. The van der Waals surface area contributed by atoms with Crippen LogP contribution in [0.15, 0.2) is 24.3 Å². The third kappa shape index (κ3) is 2.20. The van der Waals surface area contributed by atoms with Crippen LogP contribution in [0, 0.1) is 11.8 Å². The number of rotatable bonds is 3. The van der Waals surface area contributed by atoms with Crippen LogP contribution in [0.4, 0.5) is 0 Å². The van der Waals surface area contributed by atoms with Crippen molar-refractivity contribution in [2.45, 2.75) is 31.3 Å². The van der Waals surface area contributed by atoms with Crippen molar-refractivity contribution in [2.24, 2.45) is 11.8 Å². The molecular formula is C15H18ClNO2. The number of carbonyl (C=O) groups is 1. The number of nitrogens with zero attached hydrogens (tertiary/aromatic N) is 1. The maximum atomic E-state index is 12.2. The van der Waals surface area contributed by atoms with Gasteiger partial charge in [-0.05, 0) is 23.6 Å². The molecule has 0 bridgehead atoms. The molecule has 1 aliphatic carbocycles. The predicted molar refractivity (Wildman–Crippen MR) is 74.2 cm³/mol. The zero-order valence-electron chi connectivity index (χ0n) is 11.2. The van der Waals surface area contributed by atoms with Gasteiger partial charge in [-0.25, -0.2) is 0 Å². The van der Waals surface area contributed by atoms with Gasteiger partial charge in [-0.15, -0.1) is 11.6 Å². The number of alkyl halides is 1. The number of piperidine rings is 1. The summed E-state index contributed by atoms with van der Waals surface area (Å²) in [5, 5.41) is 0.139. The highest BCUT2D eigenvalue weighted by Crippen LogP contribution is 2.51. The van der Waals surface area contributed by atoms with Gasteiger partial charge in [-0.2, -0.15) is 0 Å². The molecule has 0 N–H and O–H groups in total. The molecule has 1 aliphatic heterocycles. The lowest BCUT2D eigenvalue weighted by atomic mass is 9.97. The highest BCUT2D eigenvalue weighted by molar-refractivity contribution is 6.24. The average Bonchev–Trinajstić information content (AvgIpc) is 3.07. The van der Waals surface area contributed by atoms with Crippen LogP contribution in [0.3, 0.4) is 0 Å². The number of ether oxygens (including phenoxy) is 1. The van der Waals surface area contributed by atoms with Crippen molar-refractivity contribution in [1.82, 2.24) is 4.90 Å². The Labute approximate surface area is 118 Å². The summed E-state index contributed by atoms with van der Waals surface area (Å²) in [6, 6.07) is 8.10. The van der Waals surface area contributed by atoms with Gasteiger partial charge in [-0.1, -0.05) is 19.1 Å². The third-order valence-electron chi connectivity index (χ3n) is 4.29. The minimum atomic E-state index is 0.139. The zero-order valence-corrected chi connectivity index (χ0v) is 11.9. The second-order valence-corrected chi connectivity index (χ2v) is 6.07. The number of halogens is 1. The number of hydrogen-bond donors (Lipinski definition) is 0. The van der Waals surface area contributed by atoms with Crippen molar-refractivity contribution in [3.05, 3.63) is 29.8 Å². The zero-order chi connectivity index (χ0) is 13.6. The quantitative estimate of drug-likeness (QED) is 0.796. The molecule has 1 saturated heterocycles. The van der Waals surface area contributed by atoms with Crippen LogP contribution in [0.25, 0.3) is 0 Å². The van der Waals surface area contributed by atoms with Gasteiger partial charge in [0.15, 0.2) is 0 Å². The maximum absolute atomic E-state index is 12.2. The molecule has 2 aliphatic rings. The topological polar surface area (TPSA) is 29.5 Å². The summed E-state index contributed by atoms with van der Waals surface area (Å²) in [6.07, 6.45) is 0.626. The fraction of sp³-hybridized carbons (Fsp3) is 0.533. The second-order valence-electron chi connectivity index (χ2n) is 5.56. The van der Waals surface area contributed by atoms with E-state index in [1.807, 2.05) is 29.2 Å². The summed E-state index contributed by atoms with van der Waals surface area (Å²) in [5.74, 6) is 1.97. The minimum Gasteiger partial charge on any atom is -0.497 e. The summed E-state index contributed by atoms with van der Waals surface area (Å²) < 4.78 is 5.14. The van der Waals surface area contributed by atoms with Crippen molar-refractivity contribution < 1.29 is 9.53 Å². The lowest BCUT2D eigenvalue weighted by molar-refractivity contribution is -0.135. The first-order valence-electron chi connectivity index (χ1n) is 6.68. The van der Waals surface area contributed by atoms with Gasteiger partial charge in [-0.3, -0.25) is 4.79 Å². The number of amides is 1. The molecule has 2 fully saturated rings. The smallest absolute Gasteiger partial charge is 0.223 e. The first kappa shape index (κ1) is 12.8. The first-order chi connectivity index (χ1) is 9.11. The Balaban J connectivity index is 1.73. The van der Waals surface area contributed by atoms with Gasteiger partial charge < -0.3 is 9.64 Å².